The Morgan fingerprint density at radius 2 is 2.04 bits per heavy atom. The van der Waals surface area contributed by atoms with E-state index in [4.69, 9.17) is 9.73 Å². The van der Waals surface area contributed by atoms with Crippen LogP contribution in [0.1, 0.15) is 25.3 Å². The Kier molecular flexibility index (Phi) is 7.20. The lowest BCUT2D eigenvalue weighted by atomic mass is 10.2. The van der Waals surface area contributed by atoms with E-state index in [-0.39, 0.29) is 0 Å². The van der Waals surface area contributed by atoms with Crippen LogP contribution in [0.25, 0.3) is 0 Å². The number of hydrogen-bond acceptors (Lipinski definition) is 3. The fraction of sp³-hybridized carbons (Fsp3) is 0.611. The zero-order chi connectivity index (χ0) is 16.5. The van der Waals surface area contributed by atoms with E-state index < -0.39 is 0 Å². The van der Waals surface area contributed by atoms with Crippen molar-refractivity contribution in [2.24, 2.45) is 10.9 Å². The van der Waals surface area contributed by atoms with Gasteiger partial charge in [0.2, 0.25) is 0 Å². The van der Waals surface area contributed by atoms with Crippen LogP contribution < -0.4 is 15.4 Å². The molecule has 1 aliphatic carbocycles. The Labute approximate surface area is 140 Å². The number of nitrogens with zero attached hydrogens (tertiary/aromatic N) is 2. The first-order valence-corrected chi connectivity index (χ1v) is 8.56. The van der Waals surface area contributed by atoms with E-state index in [1.807, 2.05) is 32.3 Å². The molecule has 0 unspecified atom stereocenters. The third-order valence-corrected chi connectivity index (χ3v) is 3.78. The second-order valence-corrected chi connectivity index (χ2v) is 6.28. The van der Waals surface area contributed by atoms with Crippen LogP contribution in [-0.4, -0.2) is 51.2 Å². The van der Waals surface area contributed by atoms with Gasteiger partial charge in [0.05, 0.1) is 6.54 Å². The summed E-state index contributed by atoms with van der Waals surface area (Å²) in [7, 11) is 4.10. The molecule has 0 saturated heterocycles. The second kappa shape index (κ2) is 9.40. The Morgan fingerprint density at radius 3 is 2.74 bits per heavy atom. The van der Waals surface area contributed by atoms with Crippen molar-refractivity contribution in [1.29, 1.82) is 0 Å². The zero-order valence-corrected chi connectivity index (χ0v) is 14.6. The maximum absolute atomic E-state index is 5.90. The third kappa shape index (κ3) is 6.91. The molecule has 1 fully saturated rings. The number of aliphatic imine (C=N–C) groups is 1. The van der Waals surface area contributed by atoms with Gasteiger partial charge in [-0.25, -0.2) is 4.99 Å². The highest BCUT2D eigenvalue weighted by molar-refractivity contribution is 5.79. The number of hydrogen-bond donors (Lipinski definition) is 2. The molecule has 1 aliphatic rings. The predicted octanol–water partition coefficient (Wildman–Crippen LogP) is 2.09. The van der Waals surface area contributed by atoms with Gasteiger partial charge in [0.15, 0.2) is 5.96 Å². The van der Waals surface area contributed by atoms with Crippen LogP contribution in [0.4, 0.5) is 0 Å². The van der Waals surface area contributed by atoms with Crippen LogP contribution in [-0.2, 0) is 6.54 Å². The smallest absolute Gasteiger partial charge is 0.191 e. The molecular weight excluding hydrogens is 288 g/mol. The molecule has 1 aromatic rings. The first-order chi connectivity index (χ1) is 11.2. The molecule has 0 aromatic heterocycles. The van der Waals surface area contributed by atoms with Crippen LogP contribution in [0.15, 0.2) is 29.3 Å². The SMILES string of the molecule is CCNC(=NCc1ccccc1OCCN(C)C)NCC1CC1. The van der Waals surface area contributed by atoms with Gasteiger partial charge in [-0.1, -0.05) is 18.2 Å². The average molecular weight is 318 g/mol. The summed E-state index contributed by atoms with van der Waals surface area (Å²) in [6, 6.07) is 8.15. The minimum atomic E-state index is 0.623. The molecule has 2 rings (SSSR count). The number of guanidine groups is 1. The molecule has 0 amide bonds. The van der Waals surface area contributed by atoms with Gasteiger partial charge in [0.1, 0.15) is 12.4 Å². The van der Waals surface area contributed by atoms with Crippen molar-refractivity contribution in [3.8, 4) is 5.75 Å². The van der Waals surface area contributed by atoms with Crippen molar-refractivity contribution in [3.63, 3.8) is 0 Å². The van der Waals surface area contributed by atoms with Crippen molar-refractivity contribution in [1.82, 2.24) is 15.5 Å². The van der Waals surface area contributed by atoms with E-state index in [0.717, 1.165) is 42.8 Å². The fourth-order valence-corrected chi connectivity index (χ4v) is 2.18. The first kappa shape index (κ1) is 17.6. The summed E-state index contributed by atoms with van der Waals surface area (Å²) in [6.07, 6.45) is 2.68. The van der Waals surface area contributed by atoms with E-state index in [2.05, 4.69) is 28.5 Å². The number of rotatable bonds is 9. The minimum absolute atomic E-state index is 0.623. The maximum Gasteiger partial charge on any atom is 0.191 e. The van der Waals surface area contributed by atoms with Gasteiger partial charge < -0.3 is 20.3 Å². The normalized spacial score (nSPS) is 14.9. The van der Waals surface area contributed by atoms with Crippen molar-refractivity contribution in [2.45, 2.75) is 26.3 Å². The first-order valence-electron chi connectivity index (χ1n) is 8.56. The van der Waals surface area contributed by atoms with E-state index in [1.165, 1.54) is 12.8 Å². The standard InChI is InChI=1S/C18H30N4O/c1-4-19-18(20-13-15-9-10-15)21-14-16-7-5-6-8-17(16)23-12-11-22(2)3/h5-8,15H,4,9-14H2,1-3H3,(H2,19,20,21). The molecule has 0 bridgehead atoms. The highest BCUT2D eigenvalue weighted by atomic mass is 16.5. The number of benzene rings is 1. The van der Waals surface area contributed by atoms with Gasteiger partial charge >= 0.3 is 0 Å². The molecule has 1 saturated carbocycles. The fourth-order valence-electron chi connectivity index (χ4n) is 2.18. The van der Waals surface area contributed by atoms with Gasteiger partial charge in [-0.2, -0.15) is 0 Å². The zero-order valence-electron chi connectivity index (χ0n) is 14.6. The van der Waals surface area contributed by atoms with Crippen LogP contribution in [0.2, 0.25) is 0 Å². The van der Waals surface area contributed by atoms with E-state index >= 15 is 0 Å². The van der Waals surface area contributed by atoms with Gasteiger partial charge in [0, 0.05) is 25.2 Å². The number of para-hydroxylation sites is 1. The summed E-state index contributed by atoms with van der Waals surface area (Å²) in [5.41, 5.74) is 1.12. The summed E-state index contributed by atoms with van der Waals surface area (Å²) in [4.78, 5) is 6.81. The molecule has 0 heterocycles. The molecule has 128 valence electrons. The summed E-state index contributed by atoms with van der Waals surface area (Å²) in [5.74, 6) is 2.65. The van der Waals surface area contributed by atoms with E-state index in [9.17, 15) is 0 Å². The number of ether oxygens (including phenoxy) is 1. The molecule has 5 heteroatoms. The Morgan fingerprint density at radius 1 is 1.26 bits per heavy atom. The Bertz CT molecular complexity index is 498. The van der Waals surface area contributed by atoms with Crippen LogP contribution in [0.5, 0.6) is 5.75 Å². The largest absolute Gasteiger partial charge is 0.492 e. The summed E-state index contributed by atoms with van der Waals surface area (Å²) >= 11 is 0. The highest BCUT2D eigenvalue weighted by Gasteiger charge is 2.21. The van der Waals surface area contributed by atoms with Gasteiger partial charge in [-0.3, -0.25) is 0 Å². The van der Waals surface area contributed by atoms with Gasteiger partial charge in [0.25, 0.3) is 0 Å². The second-order valence-electron chi connectivity index (χ2n) is 6.28. The summed E-state index contributed by atoms with van der Waals surface area (Å²) < 4.78 is 5.90. The highest BCUT2D eigenvalue weighted by Crippen LogP contribution is 2.27. The number of likely N-dealkylation sites (N-methyl/N-ethyl adjacent to an activating group) is 1. The van der Waals surface area contributed by atoms with Gasteiger partial charge in [-0.15, -0.1) is 0 Å². The lowest BCUT2D eigenvalue weighted by molar-refractivity contribution is 0.259. The summed E-state index contributed by atoms with van der Waals surface area (Å²) in [5, 5.41) is 6.73. The predicted molar refractivity (Wildman–Crippen MR) is 96.0 cm³/mol. The quantitative estimate of drug-likeness (QED) is 0.541. The van der Waals surface area contributed by atoms with Crippen LogP contribution in [0.3, 0.4) is 0 Å². The molecule has 0 aliphatic heterocycles. The van der Waals surface area contributed by atoms with Crippen LogP contribution in [0, 0.1) is 5.92 Å². The average Bonchev–Trinajstić information content (AvgIpc) is 3.35. The molecule has 5 nitrogen and oxygen atoms in total. The maximum atomic E-state index is 5.90. The lowest BCUT2D eigenvalue weighted by Gasteiger charge is -2.14. The van der Waals surface area contributed by atoms with E-state index in [1.54, 1.807) is 0 Å². The minimum Gasteiger partial charge on any atom is -0.492 e. The Hall–Kier alpha value is -1.75. The third-order valence-electron chi connectivity index (χ3n) is 3.78. The molecule has 2 N–H and O–H groups in total. The van der Waals surface area contributed by atoms with Crippen molar-refractivity contribution >= 4 is 5.96 Å². The monoisotopic (exact) mass is 318 g/mol. The van der Waals surface area contributed by atoms with Crippen molar-refractivity contribution in [2.75, 3.05) is 40.3 Å². The van der Waals surface area contributed by atoms with Gasteiger partial charge in [-0.05, 0) is 45.8 Å². The van der Waals surface area contributed by atoms with Crippen molar-refractivity contribution < 1.29 is 4.74 Å². The molecule has 1 aromatic carbocycles. The molecule has 0 atom stereocenters. The molecule has 0 radical (unpaired) electrons. The van der Waals surface area contributed by atoms with Crippen LogP contribution >= 0.6 is 0 Å². The lowest BCUT2D eigenvalue weighted by Crippen LogP contribution is -2.38. The molecule has 0 spiro atoms. The Balaban J connectivity index is 1.91. The molecule has 23 heavy (non-hydrogen) atoms. The number of nitrogens with one attached hydrogen (secondary N) is 2. The summed E-state index contributed by atoms with van der Waals surface area (Å²) in [6.45, 7) is 6.20. The molecular formula is C18H30N4O. The van der Waals surface area contributed by atoms with E-state index in [0.29, 0.717) is 13.2 Å². The van der Waals surface area contributed by atoms with Crippen molar-refractivity contribution in [3.05, 3.63) is 29.8 Å². The topological polar surface area (TPSA) is 48.9 Å².